The van der Waals surface area contributed by atoms with Crippen molar-refractivity contribution in [3.8, 4) is 0 Å². The fourth-order valence-electron chi connectivity index (χ4n) is 4.78. The molecule has 3 aromatic carbocycles. The Bertz CT molecular complexity index is 1390. The van der Waals surface area contributed by atoms with Crippen molar-refractivity contribution in [3.63, 3.8) is 0 Å². The van der Waals surface area contributed by atoms with Crippen LogP contribution in [-0.4, -0.2) is 42.8 Å². The van der Waals surface area contributed by atoms with Crippen LogP contribution in [0.5, 0.6) is 0 Å². The number of ether oxygens (including phenoxy) is 1. The van der Waals surface area contributed by atoms with Crippen LogP contribution in [0.15, 0.2) is 84.9 Å². The highest BCUT2D eigenvalue weighted by atomic mass is 35.5. The van der Waals surface area contributed by atoms with E-state index < -0.39 is 47.6 Å². The topological polar surface area (TPSA) is 114 Å². The van der Waals surface area contributed by atoms with Gasteiger partial charge in [-0.25, -0.2) is 4.79 Å². The van der Waals surface area contributed by atoms with Crippen LogP contribution in [-0.2, 0) is 31.5 Å². The van der Waals surface area contributed by atoms with Gasteiger partial charge in [0, 0.05) is 29.5 Å². The van der Waals surface area contributed by atoms with Gasteiger partial charge in [0.05, 0.1) is 6.04 Å². The van der Waals surface area contributed by atoms with Gasteiger partial charge in [0.15, 0.2) is 6.10 Å². The maximum atomic E-state index is 15.8. The third kappa shape index (κ3) is 7.91. The Morgan fingerprint density at radius 2 is 1.71 bits per heavy atom. The molecule has 1 saturated heterocycles. The van der Waals surface area contributed by atoms with Gasteiger partial charge in [-0.3, -0.25) is 9.59 Å². The molecule has 42 heavy (non-hydrogen) atoms. The highest BCUT2D eigenvalue weighted by molar-refractivity contribution is 6.30. The van der Waals surface area contributed by atoms with Crippen molar-refractivity contribution in [3.05, 3.63) is 107 Å². The second-order valence-corrected chi connectivity index (χ2v) is 10.4. The van der Waals surface area contributed by atoms with E-state index in [1.54, 1.807) is 36.4 Å². The molecule has 0 spiro atoms. The van der Waals surface area contributed by atoms with Crippen molar-refractivity contribution in [1.29, 1.82) is 0 Å². The zero-order chi connectivity index (χ0) is 30.1. The number of alkyl carbamates (subject to hydrolysis) is 1. The second-order valence-electron chi connectivity index (χ2n) is 9.98. The van der Waals surface area contributed by atoms with Crippen LogP contribution in [0.3, 0.4) is 0 Å². The molecule has 8 nitrogen and oxygen atoms in total. The molecule has 220 valence electrons. The lowest BCUT2D eigenvalue weighted by atomic mass is 9.97. The Labute approximate surface area is 246 Å². The van der Waals surface area contributed by atoms with Gasteiger partial charge in [-0.1, -0.05) is 84.4 Å². The van der Waals surface area contributed by atoms with Gasteiger partial charge in [0.25, 0.3) is 0 Å². The number of hydrogen-bond donors (Lipinski definition) is 3. The molecular weight excluding hydrogens is 568 g/mol. The van der Waals surface area contributed by atoms with E-state index in [-0.39, 0.29) is 29.3 Å². The first-order valence-corrected chi connectivity index (χ1v) is 13.8. The lowest BCUT2D eigenvalue weighted by Crippen LogP contribution is -2.52. The summed E-state index contributed by atoms with van der Waals surface area (Å²) < 4.78 is 37.0. The number of carbonyl (C=O) groups excluding carboxylic acids is 4. The summed E-state index contributed by atoms with van der Waals surface area (Å²) in [7, 11) is 0. The molecule has 0 aliphatic carbocycles. The van der Waals surface area contributed by atoms with E-state index in [1.807, 2.05) is 0 Å². The fourth-order valence-corrected chi connectivity index (χ4v) is 4.97. The first kappa shape index (κ1) is 30.6. The molecule has 0 saturated carbocycles. The molecule has 4 atom stereocenters. The number of alkyl halides is 2. The normalized spacial score (nSPS) is 16.9. The van der Waals surface area contributed by atoms with Crippen LogP contribution < -0.4 is 16.0 Å². The van der Waals surface area contributed by atoms with Gasteiger partial charge in [0.2, 0.25) is 11.8 Å². The number of benzene rings is 3. The van der Waals surface area contributed by atoms with Crippen molar-refractivity contribution in [1.82, 2.24) is 16.0 Å². The standard InChI is InChI=1S/C31H30ClF2N3O5/c32-24-13-7-12-23(18-24)31(33,34)27(21-10-5-2-6-11-21)42-30(41)37-26(16-20-8-3-1-4-9-20)29(40)36-25(19-38)17-22-14-15-35-28(22)39/h1-13,18-19,22,25-27H,14-17H2,(H,35,39)(H,36,40)(H,37,41)/t22-,25-,26-,27?/m0/s1. The summed E-state index contributed by atoms with van der Waals surface area (Å²) in [6.07, 6.45) is -2.19. The smallest absolute Gasteiger partial charge is 0.408 e. The molecule has 1 unspecified atom stereocenters. The van der Waals surface area contributed by atoms with Crippen LogP contribution in [0.4, 0.5) is 13.6 Å². The molecular formula is C31H30ClF2N3O5. The molecule has 0 aromatic heterocycles. The molecule has 11 heteroatoms. The van der Waals surface area contributed by atoms with Crippen molar-refractivity contribution < 1.29 is 32.7 Å². The SMILES string of the molecule is O=C[C@H](C[C@@H]1CCNC1=O)NC(=O)[C@H](Cc1ccccc1)NC(=O)OC(c1ccccc1)C(F)(F)c1cccc(Cl)c1. The lowest BCUT2D eigenvalue weighted by Gasteiger charge is -2.29. The summed E-state index contributed by atoms with van der Waals surface area (Å²) in [5.41, 5.74) is 0.234. The number of hydrogen-bond acceptors (Lipinski definition) is 5. The molecule has 1 heterocycles. The molecule has 3 N–H and O–H groups in total. The number of nitrogens with one attached hydrogen (secondary N) is 3. The third-order valence-electron chi connectivity index (χ3n) is 6.95. The zero-order valence-corrected chi connectivity index (χ0v) is 23.2. The molecule has 0 radical (unpaired) electrons. The van der Waals surface area contributed by atoms with Gasteiger partial charge in [0.1, 0.15) is 12.3 Å². The van der Waals surface area contributed by atoms with Crippen molar-refractivity contribution in [2.24, 2.45) is 5.92 Å². The van der Waals surface area contributed by atoms with Gasteiger partial charge >= 0.3 is 12.0 Å². The Hall–Kier alpha value is -4.31. The minimum Gasteiger partial charge on any atom is -0.434 e. The average Bonchev–Trinajstić information content (AvgIpc) is 3.39. The minimum absolute atomic E-state index is 0.0159. The second kappa shape index (κ2) is 14.0. The molecule has 1 aliphatic rings. The predicted octanol–water partition coefficient (Wildman–Crippen LogP) is 4.72. The Morgan fingerprint density at radius 1 is 1.02 bits per heavy atom. The highest BCUT2D eigenvalue weighted by Crippen LogP contribution is 2.43. The summed E-state index contributed by atoms with van der Waals surface area (Å²) in [6, 6.07) is 19.0. The largest absolute Gasteiger partial charge is 0.434 e. The summed E-state index contributed by atoms with van der Waals surface area (Å²) in [6.45, 7) is 0.482. The van der Waals surface area contributed by atoms with Gasteiger partial charge < -0.3 is 25.5 Å². The number of halogens is 3. The van der Waals surface area contributed by atoms with Gasteiger partial charge in [-0.05, 0) is 36.1 Å². The number of carbonyl (C=O) groups is 4. The van der Waals surface area contributed by atoms with Crippen molar-refractivity contribution in [2.45, 2.75) is 43.4 Å². The van der Waals surface area contributed by atoms with Crippen molar-refractivity contribution in [2.75, 3.05) is 6.54 Å². The molecule has 1 aliphatic heterocycles. The molecule has 4 rings (SSSR count). The first-order chi connectivity index (χ1) is 20.2. The number of aldehydes is 1. The van der Waals surface area contributed by atoms with Crippen LogP contribution in [0.25, 0.3) is 0 Å². The Kier molecular flexibility index (Phi) is 10.2. The Balaban J connectivity index is 1.55. The lowest BCUT2D eigenvalue weighted by molar-refractivity contribution is -0.128. The van der Waals surface area contributed by atoms with Crippen LogP contribution in [0.2, 0.25) is 5.02 Å². The third-order valence-corrected chi connectivity index (χ3v) is 7.19. The van der Waals surface area contributed by atoms with Crippen molar-refractivity contribution >= 4 is 35.8 Å². The van der Waals surface area contributed by atoms with E-state index in [2.05, 4.69) is 16.0 Å². The van der Waals surface area contributed by atoms with E-state index in [4.69, 9.17) is 16.3 Å². The monoisotopic (exact) mass is 597 g/mol. The fraction of sp³-hybridized carbons (Fsp3) is 0.290. The Morgan fingerprint density at radius 3 is 2.33 bits per heavy atom. The minimum atomic E-state index is -3.69. The highest BCUT2D eigenvalue weighted by Gasteiger charge is 2.46. The summed E-state index contributed by atoms with van der Waals surface area (Å²) in [4.78, 5) is 50.2. The molecule has 3 amide bonds. The first-order valence-electron chi connectivity index (χ1n) is 13.4. The van der Waals surface area contributed by atoms with E-state index in [0.717, 1.165) is 6.07 Å². The zero-order valence-electron chi connectivity index (χ0n) is 22.5. The van der Waals surface area contributed by atoms with E-state index in [0.29, 0.717) is 24.8 Å². The summed E-state index contributed by atoms with van der Waals surface area (Å²) in [5, 5.41) is 7.74. The van der Waals surface area contributed by atoms with Gasteiger partial charge in [-0.2, -0.15) is 8.78 Å². The maximum Gasteiger partial charge on any atom is 0.408 e. The average molecular weight is 598 g/mol. The quantitative estimate of drug-likeness (QED) is 0.262. The molecule has 3 aromatic rings. The molecule has 1 fully saturated rings. The van der Waals surface area contributed by atoms with E-state index in [9.17, 15) is 19.2 Å². The molecule has 0 bridgehead atoms. The summed E-state index contributed by atoms with van der Waals surface area (Å²) in [5.74, 6) is -5.06. The van der Waals surface area contributed by atoms with Crippen LogP contribution in [0.1, 0.15) is 35.6 Å². The van der Waals surface area contributed by atoms with Crippen LogP contribution in [0, 0.1) is 5.92 Å². The number of amides is 3. The van der Waals surface area contributed by atoms with Gasteiger partial charge in [-0.15, -0.1) is 0 Å². The maximum absolute atomic E-state index is 15.8. The van der Waals surface area contributed by atoms with E-state index in [1.165, 1.54) is 42.5 Å². The van der Waals surface area contributed by atoms with E-state index >= 15 is 8.78 Å². The predicted molar refractivity (Wildman–Crippen MR) is 152 cm³/mol. The van der Waals surface area contributed by atoms with Crippen LogP contribution >= 0.6 is 11.6 Å². The summed E-state index contributed by atoms with van der Waals surface area (Å²) >= 11 is 5.96. The number of rotatable bonds is 12.